The fourth-order valence-electron chi connectivity index (χ4n) is 1.86. The summed E-state index contributed by atoms with van der Waals surface area (Å²) in [5.41, 5.74) is 8.69. The second-order valence-electron chi connectivity index (χ2n) is 3.96. The number of hydrogen-bond donors (Lipinski definition) is 1. The van der Waals surface area contributed by atoms with Gasteiger partial charge in [0.05, 0.1) is 30.1 Å². The van der Waals surface area contributed by atoms with Gasteiger partial charge in [0.1, 0.15) is 5.82 Å². The van der Waals surface area contributed by atoms with Gasteiger partial charge in [-0.05, 0) is 12.1 Å². The maximum absolute atomic E-state index is 5.59. The molecule has 0 bridgehead atoms. The fourth-order valence-corrected chi connectivity index (χ4v) is 1.86. The molecule has 0 atom stereocenters. The number of anilines is 1. The van der Waals surface area contributed by atoms with E-state index < -0.39 is 0 Å². The number of rotatable bonds is 2. The topological polar surface area (TPSA) is 56.7 Å². The van der Waals surface area contributed by atoms with Crippen LogP contribution in [-0.4, -0.2) is 14.5 Å². The van der Waals surface area contributed by atoms with Crippen LogP contribution in [0.5, 0.6) is 0 Å². The zero-order valence-electron chi connectivity index (χ0n) is 9.69. The van der Waals surface area contributed by atoms with E-state index in [0.29, 0.717) is 5.82 Å². The minimum atomic E-state index is 0.514. The number of imidazole rings is 1. The molecule has 0 radical (unpaired) electrons. The Labute approximate surface area is 105 Å². The lowest BCUT2D eigenvalue weighted by Crippen LogP contribution is -1.97. The van der Waals surface area contributed by atoms with Gasteiger partial charge >= 0.3 is 0 Å². The molecule has 3 rings (SSSR count). The van der Waals surface area contributed by atoms with Crippen molar-refractivity contribution >= 4 is 5.82 Å². The van der Waals surface area contributed by atoms with E-state index in [1.807, 2.05) is 35.0 Å². The summed E-state index contributed by atoms with van der Waals surface area (Å²) in [6.07, 6.45) is 5.35. The van der Waals surface area contributed by atoms with Crippen molar-refractivity contribution in [3.05, 3.63) is 61.2 Å². The molecule has 4 nitrogen and oxygen atoms in total. The van der Waals surface area contributed by atoms with Crippen molar-refractivity contribution in [2.45, 2.75) is 0 Å². The van der Waals surface area contributed by atoms with Crippen LogP contribution in [0.3, 0.4) is 0 Å². The van der Waals surface area contributed by atoms with E-state index in [2.05, 4.69) is 22.1 Å². The lowest BCUT2D eigenvalue weighted by molar-refractivity contribution is 1.05. The van der Waals surface area contributed by atoms with Crippen LogP contribution in [-0.2, 0) is 0 Å². The first kappa shape index (κ1) is 10.5. The molecule has 3 aromatic rings. The van der Waals surface area contributed by atoms with Crippen molar-refractivity contribution in [1.29, 1.82) is 0 Å². The lowest BCUT2D eigenvalue weighted by atomic mass is 10.1. The second-order valence-corrected chi connectivity index (χ2v) is 3.96. The SMILES string of the molecule is Nc1ccc(-n2cncc2-c2ccccc2)cn1. The van der Waals surface area contributed by atoms with E-state index in [1.165, 1.54) is 0 Å². The van der Waals surface area contributed by atoms with Crippen molar-refractivity contribution in [2.75, 3.05) is 5.73 Å². The molecule has 88 valence electrons. The van der Waals surface area contributed by atoms with Gasteiger partial charge in [-0.25, -0.2) is 9.97 Å². The average molecular weight is 236 g/mol. The maximum atomic E-state index is 5.59. The van der Waals surface area contributed by atoms with Crippen LogP contribution in [0, 0.1) is 0 Å². The normalized spacial score (nSPS) is 10.4. The Morgan fingerprint density at radius 1 is 0.944 bits per heavy atom. The van der Waals surface area contributed by atoms with Gasteiger partial charge in [-0.3, -0.25) is 4.57 Å². The minimum Gasteiger partial charge on any atom is -0.384 e. The summed E-state index contributed by atoms with van der Waals surface area (Å²) in [7, 11) is 0. The molecular formula is C14H12N4. The van der Waals surface area contributed by atoms with Crippen LogP contribution in [0.2, 0.25) is 0 Å². The van der Waals surface area contributed by atoms with Crippen molar-refractivity contribution in [1.82, 2.24) is 14.5 Å². The summed E-state index contributed by atoms with van der Waals surface area (Å²) in [5.74, 6) is 0.514. The van der Waals surface area contributed by atoms with Gasteiger partial charge in [0.15, 0.2) is 0 Å². The molecule has 0 aliphatic carbocycles. The van der Waals surface area contributed by atoms with Gasteiger partial charge in [-0.1, -0.05) is 30.3 Å². The van der Waals surface area contributed by atoms with Crippen molar-refractivity contribution < 1.29 is 0 Å². The smallest absolute Gasteiger partial charge is 0.123 e. The zero-order chi connectivity index (χ0) is 12.4. The Morgan fingerprint density at radius 2 is 1.78 bits per heavy atom. The Morgan fingerprint density at radius 3 is 2.50 bits per heavy atom. The molecule has 0 saturated carbocycles. The number of benzene rings is 1. The maximum Gasteiger partial charge on any atom is 0.123 e. The number of nitrogens with two attached hydrogens (primary N) is 1. The van der Waals surface area contributed by atoms with Gasteiger partial charge in [0, 0.05) is 5.56 Å². The van der Waals surface area contributed by atoms with Gasteiger partial charge in [0.2, 0.25) is 0 Å². The van der Waals surface area contributed by atoms with Crippen LogP contribution in [0.25, 0.3) is 16.9 Å². The summed E-state index contributed by atoms with van der Waals surface area (Å²) in [5, 5.41) is 0. The van der Waals surface area contributed by atoms with Crippen LogP contribution in [0.1, 0.15) is 0 Å². The quantitative estimate of drug-likeness (QED) is 0.743. The molecule has 0 fully saturated rings. The number of nitrogens with zero attached hydrogens (tertiary/aromatic N) is 3. The second kappa shape index (κ2) is 4.33. The Kier molecular flexibility index (Phi) is 2.53. The van der Waals surface area contributed by atoms with E-state index >= 15 is 0 Å². The van der Waals surface area contributed by atoms with Crippen LogP contribution in [0.15, 0.2) is 61.2 Å². The van der Waals surface area contributed by atoms with Crippen molar-refractivity contribution in [3.8, 4) is 16.9 Å². The first-order valence-electron chi connectivity index (χ1n) is 5.64. The predicted molar refractivity (Wildman–Crippen MR) is 71.2 cm³/mol. The highest BCUT2D eigenvalue weighted by molar-refractivity contribution is 5.61. The number of pyridine rings is 1. The summed E-state index contributed by atoms with van der Waals surface area (Å²) in [6.45, 7) is 0. The summed E-state index contributed by atoms with van der Waals surface area (Å²) < 4.78 is 1.99. The molecule has 0 amide bonds. The largest absolute Gasteiger partial charge is 0.384 e. The number of hydrogen-bond acceptors (Lipinski definition) is 3. The molecule has 2 N–H and O–H groups in total. The molecular weight excluding hydrogens is 224 g/mol. The Balaban J connectivity index is 2.10. The Hall–Kier alpha value is -2.62. The van der Waals surface area contributed by atoms with E-state index in [4.69, 9.17) is 5.73 Å². The molecule has 0 unspecified atom stereocenters. The molecule has 0 aliphatic rings. The van der Waals surface area contributed by atoms with Gasteiger partial charge in [0.25, 0.3) is 0 Å². The third-order valence-corrected chi connectivity index (χ3v) is 2.76. The standard InChI is InChI=1S/C14H12N4/c15-14-7-6-12(8-17-14)18-10-16-9-13(18)11-4-2-1-3-5-11/h1-10H,(H2,15,17). The van der Waals surface area contributed by atoms with Crippen LogP contribution in [0.4, 0.5) is 5.82 Å². The molecule has 1 aromatic carbocycles. The highest BCUT2D eigenvalue weighted by Crippen LogP contribution is 2.22. The van der Waals surface area contributed by atoms with Gasteiger partial charge in [-0.2, -0.15) is 0 Å². The van der Waals surface area contributed by atoms with E-state index in [0.717, 1.165) is 16.9 Å². The fraction of sp³-hybridized carbons (Fsp3) is 0. The zero-order valence-corrected chi connectivity index (χ0v) is 9.69. The average Bonchev–Trinajstić information content (AvgIpc) is 2.90. The summed E-state index contributed by atoms with van der Waals surface area (Å²) in [4.78, 5) is 8.30. The molecule has 4 heteroatoms. The monoisotopic (exact) mass is 236 g/mol. The molecule has 2 heterocycles. The highest BCUT2D eigenvalue weighted by Gasteiger charge is 2.06. The van der Waals surface area contributed by atoms with Gasteiger partial charge < -0.3 is 5.73 Å². The number of aromatic nitrogens is 3. The summed E-state index contributed by atoms with van der Waals surface area (Å²) in [6, 6.07) is 13.8. The lowest BCUT2D eigenvalue weighted by Gasteiger charge is -2.07. The highest BCUT2D eigenvalue weighted by atomic mass is 15.1. The minimum absolute atomic E-state index is 0.514. The predicted octanol–water partition coefficient (Wildman–Crippen LogP) is 2.52. The third kappa shape index (κ3) is 1.84. The first-order chi connectivity index (χ1) is 8.84. The van der Waals surface area contributed by atoms with Crippen LogP contribution >= 0.6 is 0 Å². The molecule has 18 heavy (non-hydrogen) atoms. The molecule has 0 aliphatic heterocycles. The van der Waals surface area contributed by atoms with E-state index in [-0.39, 0.29) is 0 Å². The Bertz CT molecular complexity index is 641. The van der Waals surface area contributed by atoms with Crippen molar-refractivity contribution in [3.63, 3.8) is 0 Å². The van der Waals surface area contributed by atoms with Crippen molar-refractivity contribution in [2.24, 2.45) is 0 Å². The van der Waals surface area contributed by atoms with E-state index in [9.17, 15) is 0 Å². The van der Waals surface area contributed by atoms with Crippen LogP contribution < -0.4 is 5.73 Å². The van der Waals surface area contributed by atoms with Gasteiger partial charge in [-0.15, -0.1) is 0 Å². The third-order valence-electron chi connectivity index (χ3n) is 2.76. The first-order valence-corrected chi connectivity index (χ1v) is 5.64. The molecule has 0 spiro atoms. The summed E-state index contributed by atoms with van der Waals surface area (Å²) >= 11 is 0. The number of nitrogen functional groups attached to an aromatic ring is 1. The van der Waals surface area contributed by atoms with E-state index in [1.54, 1.807) is 18.6 Å². The molecule has 2 aromatic heterocycles. The molecule has 0 saturated heterocycles.